The van der Waals surface area contributed by atoms with Crippen LogP contribution in [0, 0.1) is 31.1 Å². The first-order chi connectivity index (χ1) is 22.1. The summed E-state index contributed by atoms with van der Waals surface area (Å²) in [5, 5.41) is 6.14. The molecule has 2 aliphatic rings. The maximum absolute atomic E-state index is 13.6. The predicted molar refractivity (Wildman–Crippen MR) is 180 cm³/mol. The van der Waals surface area contributed by atoms with Gasteiger partial charge >= 0.3 is 11.9 Å². The Balaban J connectivity index is 1.61. The smallest absolute Gasteiger partial charge is 0.347 e. The molecule has 2 aromatic carbocycles. The van der Waals surface area contributed by atoms with Gasteiger partial charge in [-0.25, -0.2) is 4.79 Å². The summed E-state index contributed by atoms with van der Waals surface area (Å²) in [5.74, 6) is -2.46. The lowest BCUT2D eigenvalue weighted by Crippen LogP contribution is -2.51. The molecular formula is C37H47ClN2O7. The molecule has 2 heterocycles. The average molecular weight is 667 g/mol. The summed E-state index contributed by atoms with van der Waals surface area (Å²) in [5.41, 5.74) is 2.66. The fraction of sp³-hybridized carbons (Fsp3) is 0.514. The Kier molecular flexibility index (Phi) is 11.9. The first-order valence-corrected chi connectivity index (χ1v) is 16.7. The highest BCUT2D eigenvalue weighted by Crippen LogP contribution is 2.45. The van der Waals surface area contributed by atoms with Crippen molar-refractivity contribution in [3.8, 4) is 0 Å². The average Bonchev–Trinajstić information content (AvgIpc) is 3.81. The molecule has 0 aromatic heterocycles. The number of carbonyl (C=O) groups excluding carboxylic acids is 4. The Morgan fingerprint density at radius 3 is 2.34 bits per heavy atom. The summed E-state index contributed by atoms with van der Waals surface area (Å²) in [7, 11) is 0. The Bertz CT molecular complexity index is 1490. The van der Waals surface area contributed by atoms with E-state index in [1.165, 1.54) is 6.08 Å². The summed E-state index contributed by atoms with van der Waals surface area (Å²) in [6.07, 6.45) is 1.47. The van der Waals surface area contributed by atoms with Crippen LogP contribution in [0.2, 0.25) is 5.02 Å². The fourth-order valence-electron chi connectivity index (χ4n) is 5.50. The summed E-state index contributed by atoms with van der Waals surface area (Å²) in [6, 6.07) is 12.6. The van der Waals surface area contributed by atoms with Crippen molar-refractivity contribution in [2.24, 2.45) is 17.3 Å². The molecule has 1 saturated heterocycles. The number of carbonyl (C=O) groups is 4. The van der Waals surface area contributed by atoms with Gasteiger partial charge in [0.2, 0.25) is 11.8 Å². The van der Waals surface area contributed by atoms with Gasteiger partial charge < -0.3 is 24.8 Å². The minimum atomic E-state index is -1.18. The third-order valence-corrected chi connectivity index (χ3v) is 9.11. The van der Waals surface area contributed by atoms with Gasteiger partial charge in [-0.15, -0.1) is 0 Å². The Morgan fingerprint density at radius 2 is 1.68 bits per heavy atom. The molecule has 0 aliphatic carbocycles. The van der Waals surface area contributed by atoms with Crippen molar-refractivity contribution in [1.82, 2.24) is 10.6 Å². The lowest BCUT2D eigenvalue weighted by atomic mass is 9.92. The molecule has 2 aliphatic heterocycles. The zero-order valence-corrected chi connectivity index (χ0v) is 29.1. The minimum Gasteiger partial charge on any atom is -0.459 e. The summed E-state index contributed by atoms with van der Waals surface area (Å²) >= 11 is 6.33. The number of rotatable bonds is 7. The number of nitrogens with one attached hydrogen (secondary N) is 2. The Hall–Kier alpha value is -3.69. The number of amides is 2. The number of hydrogen-bond acceptors (Lipinski definition) is 7. The van der Waals surface area contributed by atoms with Crippen LogP contribution >= 0.6 is 11.6 Å². The van der Waals surface area contributed by atoms with E-state index in [0.29, 0.717) is 5.02 Å². The van der Waals surface area contributed by atoms with Crippen LogP contribution in [0.5, 0.6) is 0 Å². The van der Waals surface area contributed by atoms with Crippen molar-refractivity contribution >= 4 is 35.4 Å². The highest BCUT2D eigenvalue weighted by Gasteiger charge is 2.48. The predicted octanol–water partition coefficient (Wildman–Crippen LogP) is 5.73. The number of esters is 2. The summed E-state index contributed by atoms with van der Waals surface area (Å²) in [6.45, 7) is 12.9. The van der Waals surface area contributed by atoms with Crippen LogP contribution in [0.1, 0.15) is 75.8 Å². The second kappa shape index (κ2) is 15.5. The van der Waals surface area contributed by atoms with E-state index >= 15 is 0 Å². The van der Waals surface area contributed by atoms with Crippen LogP contribution < -0.4 is 10.6 Å². The van der Waals surface area contributed by atoms with Crippen molar-refractivity contribution < 1.29 is 33.4 Å². The SMILES string of the molecule is Cc1ccc(C2OC2C(C)C2C/C=C/C(=O)NC(Cc3ccc(C)c(Cl)c3)C(=O)NCC(C)(C)C(=O)OC(CC(C)C)C(=O)O2)cc1. The van der Waals surface area contributed by atoms with Crippen LogP contribution in [0.4, 0.5) is 0 Å². The van der Waals surface area contributed by atoms with E-state index in [1.54, 1.807) is 26.0 Å². The number of cyclic esters (lactones) is 2. The number of aryl methyl sites for hydroxylation is 2. The summed E-state index contributed by atoms with van der Waals surface area (Å²) in [4.78, 5) is 53.6. The number of epoxide rings is 1. The van der Waals surface area contributed by atoms with Gasteiger partial charge in [-0.2, -0.15) is 0 Å². The summed E-state index contributed by atoms with van der Waals surface area (Å²) < 4.78 is 17.9. The molecule has 2 N–H and O–H groups in total. The topological polar surface area (TPSA) is 123 Å². The third-order valence-electron chi connectivity index (χ3n) is 8.71. The molecule has 6 unspecified atom stereocenters. The monoisotopic (exact) mass is 666 g/mol. The van der Waals surface area contributed by atoms with Gasteiger partial charge in [0.15, 0.2) is 6.10 Å². The van der Waals surface area contributed by atoms with Gasteiger partial charge in [-0.3, -0.25) is 14.4 Å². The van der Waals surface area contributed by atoms with E-state index in [1.807, 2.05) is 71.0 Å². The number of hydrogen-bond donors (Lipinski definition) is 2. The molecular weight excluding hydrogens is 620 g/mol. The minimum absolute atomic E-state index is 0.0296. The van der Waals surface area contributed by atoms with Gasteiger partial charge in [0, 0.05) is 30.3 Å². The maximum Gasteiger partial charge on any atom is 0.347 e. The molecule has 0 bridgehead atoms. The van der Waals surface area contributed by atoms with Gasteiger partial charge in [0.05, 0.1) is 11.5 Å². The Labute approximate surface area is 282 Å². The van der Waals surface area contributed by atoms with Crippen molar-refractivity contribution in [3.05, 3.63) is 81.9 Å². The van der Waals surface area contributed by atoms with Crippen molar-refractivity contribution in [2.75, 3.05) is 6.54 Å². The zero-order valence-electron chi connectivity index (χ0n) is 28.3. The van der Waals surface area contributed by atoms with Crippen molar-refractivity contribution in [2.45, 2.75) is 98.2 Å². The molecule has 47 heavy (non-hydrogen) atoms. The number of ether oxygens (including phenoxy) is 3. The number of benzene rings is 2. The third kappa shape index (κ3) is 9.91. The van der Waals surface area contributed by atoms with E-state index in [-0.39, 0.29) is 49.9 Å². The maximum atomic E-state index is 13.6. The van der Waals surface area contributed by atoms with Crippen LogP contribution in [-0.4, -0.2) is 54.7 Å². The van der Waals surface area contributed by atoms with E-state index in [0.717, 1.165) is 22.3 Å². The largest absolute Gasteiger partial charge is 0.459 e. The van der Waals surface area contributed by atoms with Gasteiger partial charge in [-0.05, 0) is 68.9 Å². The van der Waals surface area contributed by atoms with Crippen molar-refractivity contribution in [3.63, 3.8) is 0 Å². The quantitative estimate of drug-likeness (QED) is 0.286. The first kappa shape index (κ1) is 36.2. The van der Waals surface area contributed by atoms with Crippen LogP contribution in [-0.2, 0) is 39.8 Å². The molecule has 2 aromatic rings. The first-order valence-electron chi connectivity index (χ1n) is 16.3. The van der Waals surface area contributed by atoms with Gasteiger partial charge in [0.1, 0.15) is 18.2 Å². The number of halogens is 1. The van der Waals surface area contributed by atoms with Crippen molar-refractivity contribution in [1.29, 1.82) is 0 Å². The molecule has 0 spiro atoms. The van der Waals surface area contributed by atoms with E-state index < -0.39 is 47.4 Å². The second-order valence-electron chi connectivity index (χ2n) is 13.9. The molecule has 254 valence electrons. The van der Waals surface area contributed by atoms with E-state index in [4.69, 9.17) is 25.8 Å². The molecule has 9 nitrogen and oxygen atoms in total. The normalized spacial score (nSPS) is 26.9. The molecule has 2 amide bonds. The molecule has 0 radical (unpaired) electrons. The van der Waals surface area contributed by atoms with Gasteiger partial charge in [0.25, 0.3) is 0 Å². The molecule has 6 atom stereocenters. The molecule has 0 saturated carbocycles. The Morgan fingerprint density at radius 1 is 0.979 bits per heavy atom. The van der Waals surface area contributed by atoms with Gasteiger partial charge in [-0.1, -0.05) is 80.4 Å². The lowest BCUT2D eigenvalue weighted by molar-refractivity contribution is -0.179. The van der Waals surface area contributed by atoms with E-state index in [2.05, 4.69) is 10.6 Å². The molecule has 1 fully saturated rings. The fourth-order valence-corrected chi connectivity index (χ4v) is 5.71. The highest BCUT2D eigenvalue weighted by atomic mass is 35.5. The highest BCUT2D eigenvalue weighted by molar-refractivity contribution is 6.31. The van der Waals surface area contributed by atoms with E-state index in [9.17, 15) is 19.2 Å². The molecule has 10 heteroatoms. The van der Waals surface area contributed by atoms with Crippen LogP contribution in [0.3, 0.4) is 0 Å². The zero-order chi connectivity index (χ0) is 34.5. The van der Waals surface area contributed by atoms with Crippen LogP contribution in [0.25, 0.3) is 0 Å². The second-order valence-corrected chi connectivity index (χ2v) is 14.3. The standard InChI is InChI=1S/C37H47ClN2O7/c1-21(2)17-30-35(43)45-29(24(5)32-33(47-32)26-15-11-22(3)12-16-26)9-8-10-31(41)40-28(19-25-14-13-23(4)27(38)18-25)34(42)39-20-37(6,7)36(44)46-30/h8,10-16,18,21,24,28-30,32-33H,9,17,19-20H2,1-7H3,(H,39,42)(H,40,41)/b10-8+. The van der Waals surface area contributed by atoms with Crippen LogP contribution in [0.15, 0.2) is 54.6 Å². The molecule has 4 rings (SSSR count). The lowest BCUT2D eigenvalue weighted by Gasteiger charge is -2.29.